The fourth-order valence-electron chi connectivity index (χ4n) is 1.33. The van der Waals surface area contributed by atoms with Crippen LogP contribution in [-0.2, 0) is 0 Å². The molecule has 3 nitrogen and oxygen atoms in total. The van der Waals surface area contributed by atoms with Crippen LogP contribution in [0, 0.1) is 0 Å². The van der Waals surface area contributed by atoms with E-state index in [4.69, 9.17) is 5.73 Å². The number of phenols is 2. The fourth-order valence-corrected chi connectivity index (χ4v) is 1.33. The second-order valence-corrected chi connectivity index (χ2v) is 2.91. The van der Waals surface area contributed by atoms with Gasteiger partial charge in [0.15, 0.2) is 11.5 Å². The van der Waals surface area contributed by atoms with Gasteiger partial charge in [0.05, 0.1) is 0 Å². The third-order valence-corrected chi connectivity index (χ3v) is 2.01. The van der Waals surface area contributed by atoms with Gasteiger partial charge in [-0.25, -0.2) is 0 Å². The number of rotatable bonds is 0. The molecule has 0 aliphatic heterocycles. The predicted octanol–water partition coefficient (Wildman–Crippen LogP) is 2.99. The van der Waals surface area contributed by atoms with Crippen molar-refractivity contribution in [3.05, 3.63) is 30.3 Å². The lowest BCUT2D eigenvalue weighted by Gasteiger charge is -2.03. The second kappa shape index (κ2) is 5.23. The zero-order valence-electron chi connectivity index (χ0n) is 7.68. The standard InChI is InChI=1S/C10H9NO2.2BrH/c11-8-3-1-2-6-4-9(12)10(13)5-7(6)8;;/h1-5,12-13H,11H2;2*1H. The van der Waals surface area contributed by atoms with Crippen molar-refractivity contribution in [2.24, 2.45) is 0 Å². The molecule has 0 saturated carbocycles. The van der Waals surface area contributed by atoms with Gasteiger partial charge in [0.2, 0.25) is 0 Å². The molecule has 0 amide bonds. The largest absolute Gasteiger partial charge is 0.504 e. The summed E-state index contributed by atoms with van der Waals surface area (Å²) in [5.41, 5.74) is 6.27. The average molecular weight is 337 g/mol. The first kappa shape index (κ1) is 14.1. The lowest BCUT2D eigenvalue weighted by molar-refractivity contribution is 0.405. The Morgan fingerprint density at radius 2 is 1.53 bits per heavy atom. The minimum atomic E-state index is -0.148. The monoisotopic (exact) mass is 335 g/mol. The van der Waals surface area contributed by atoms with E-state index in [1.165, 1.54) is 12.1 Å². The van der Waals surface area contributed by atoms with Gasteiger partial charge in [-0.05, 0) is 23.6 Å². The van der Waals surface area contributed by atoms with Crippen molar-refractivity contribution in [1.29, 1.82) is 0 Å². The summed E-state index contributed by atoms with van der Waals surface area (Å²) < 4.78 is 0. The highest BCUT2D eigenvalue weighted by Crippen LogP contribution is 2.32. The molecule has 15 heavy (non-hydrogen) atoms. The van der Waals surface area contributed by atoms with E-state index in [0.717, 1.165) is 10.8 Å². The number of hydrogen-bond acceptors (Lipinski definition) is 3. The number of nitrogen functional groups attached to an aromatic ring is 1. The van der Waals surface area contributed by atoms with Crippen LogP contribution in [0.25, 0.3) is 10.8 Å². The number of halogens is 2. The third-order valence-electron chi connectivity index (χ3n) is 2.01. The van der Waals surface area contributed by atoms with Gasteiger partial charge >= 0.3 is 0 Å². The molecule has 2 rings (SSSR count). The molecule has 0 saturated heterocycles. The van der Waals surface area contributed by atoms with Gasteiger partial charge in [-0.2, -0.15) is 0 Å². The molecule has 0 spiro atoms. The number of fused-ring (bicyclic) bond motifs is 1. The first-order valence-corrected chi connectivity index (χ1v) is 3.88. The van der Waals surface area contributed by atoms with Crippen LogP contribution >= 0.6 is 34.0 Å². The molecule has 0 aliphatic carbocycles. The summed E-state index contributed by atoms with van der Waals surface area (Å²) in [4.78, 5) is 0. The van der Waals surface area contributed by atoms with E-state index in [-0.39, 0.29) is 45.5 Å². The van der Waals surface area contributed by atoms with E-state index in [0.29, 0.717) is 5.69 Å². The normalized spacial score (nSPS) is 9.07. The lowest BCUT2D eigenvalue weighted by atomic mass is 10.1. The molecular formula is C10H11Br2NO2. The molecule has 5 heteroatoms. The number of nitrogens with two attached hydrogens (primary N) is 1. The minimum absolute atomic E-state index is 0. The zero-order valence-corrected chi connectivity index (χ0v) is 11.1. The smallest absolute Gasteiger partial charge is 0.158 e. The predicted molar refractivity (Wildman–Crippen MR) is 72.3 cm³/mol. The Morgan fingerprint density at radius 3 is 2.20 bits per heavy atom. The maximum atomic E-state index is 9.24. The van der Waals surface area contributed by atoms with E-state index in [1.807, 2.05) is 6.07 Å². The van der Waals surface area contributed by atoms with Crippen LogP contribution in [0.5, 0.6) is 11.5 Å². The Bertz CT molecular complexity index is 474. The molecule has 82 valence electrons. The Morgan fingerprint density at radius 1 is 0.933 bits per heavy atom. The first-order valence-electron chi connectivity index (χ1n) is 3.88. The number of benzene rings is 2. The van der Waals surface area contributed by atoms with Gasteiger partial charge in [0, 0.05) is 11.1 Å². The SMILES string of the molecule is Br.Br.Nc1cccc2cc(O)c(O)cc12. The maximum absolute atomic E-state index is 9.24. The highest BCUT2D eigenvalue weighted by atomic mass is 79.9. The van der Waals surface area contributed by atoms with Crippen LogP contribution in [0.2, 0.25) is 0 Å². The molecule has 0 radical (unpaired) electrons. The Balaban J connectivity index is 0.000000980. The molecular weight excluding hydrogens is 326 g/mol. The molecule has 0 aromatic heterocycles. The molecule has 0 bridgehead atoms. The summed E-state index contributed by atoms with van der Waals surface area (Å²) in [7, 11) is 0. The van der Waals surface area contributed by atoms with Gasteiger partial charge in [-0.15, -0.1) is 34.0 Å². The second-order valence-electron chi connectivity index (χ2n) is 2.91. The summed E-state index contributed by atoms with van der Waals surface area (Å²) in [6.07, 6.45) is 0. The third kappa shape index (κ3) is 2.54. The molecule has 0 aliphatic rings. The molecule has 2 aromatic carbocycles. The zero-order chi connectivity index (χ0) is 9.42. The highest BCUT2D eigenvalue weighted by Gasteiger charge is 2.03. The number of aromatic hydroxyl groups is 2. The Hall–Kier alpha value is -0.940. The van der Waals surface area contributed by atoms with Crippen LogP contribution in [0.15, 0.2) is 30.3 Å². The number of hydrogen-bond donors (Lipinski definition) is 3. The van der Waals surface area contributed by atoms with Crippen LogP contribution in [0.4, 0.5) is 5.69 Å². The molecule has 4 N–H and O–H groups in total. The summed E-state index contributed by atoms with van der Waals surface area (Å²) in [5.74, 6) is -0.275. The lowest BCUT2D eigenvalue weighted by Crippen LogP contribution is -1.85. The first-order chi connectivity index (χ1) is 6.18. The Kier molecular flexibility index (Phi) is 4.90. The summed E-state index contributed by atoms with van der Waals surface area (Å²) in [5, 5.41) is 20.0. The summed E-state index contributed by atoms with van der Waals surface area (Å²) in [6, 6.07) is 8.32. The van der Waals surface area contributed by atoms with E-state index < -0.39 is 0 Å². The van der Waals surface area contributed by atoms with Gasteiger partial charge in [0.1, 0.15) is 0 Å². The quantitative estimate of drug-likeness (QED) is 0.512. The van der Waals surface area contributed by atoms with Crippen molar-refractivity contribution in [2.75, 3.05) is 5.73 Å². The highest BCUT2D eigenvalue weighted by molar-refractivity contribution is 8.93. The van der Waals surface area contributed by atoms with Crippen molar-refractivity contribution in [1.82, 2.24) is 0 Å². The van der Waals surface area contributed by atoms with E-state index in [9.17, 15) is 10.2 Å². The van der Waals surface area contributed by atoms with Gasteiger partial charge in [-0.1, -0.05) is 12.1 Å². The van der Waals surface area contributed by atoms with Crippen molar-refractivity contribution in [3.8, 4) is 11.5 Å². The fraction of sp³-hybridized carbons (Fsp3) is 0. The van der Waals surface area contributed by atoms with Crippen molar-refractivity contribution in [3.63, 3.8) is 0 Å². The van der Waals surface area contributed by atoms with Crippen molar-refractivity contribution < 1.29 is 10.2 Å². The summed E-state index contributed by atoms with van der Waals surface area (Å²) in [6.45, 7) is 0. The summed E-state index contributed by atoms with van der Waals surface area (Å²) >= 11 is 0. The van der Waals surface area contributed by atoms with Crippen LogP contribution < -0.4 is 5.73 Å². The molecule has 0 heterocycles. The number of phenolic OH excluding ortho intramolecular Hbond substituents is 2. The molecule has 0 fully saturated rings. The Labute approximate surface area is 108 Å². The minimum Gasteiger partial charge on any atom is -0.504 e. The van der Waals surface area contributed by atoms with Gasteiger partial charge in [0.25, 0.3) is 0 Å². The van der Waals surface area contributed by atoms with Crippen molar-refractivity contribution >= 4 is 50.4 Å². The van der Waals surface area contributed by atoms with Crippen molar-refractivity contribution in [2.45, 2.75) is 0 Å². The van der Waals surface area contributed by atoms with E-state index >= 15 is 0 Å². The van der Waals surface area contributed by atoms with Gasteiger partial charge < -0.3 is 15.9 Å². The van der Waals surface area contributed by atoms with E-state index in [2.05, 4.69) is 0 Å². The molecule has 2 aromatic rings. The number of anilines is 1. The van der Waals surface area contributed by atoms with Crippen LogP contribution in [-0.4, -0.2) is 10.2 Å². The maximum Gasteiger partial charge on any atom is 0.158 e. The topological polar surface area (TPSA) is 66.5 Å². The van der Waals surface area contributed by atoms with E-state index in [1.54, 1.807) is 12.1 Å². The average Bonchev–Trinajstić information content (AvgIpc) is 2.09. The van der Waals surface area contributed by atoms with Crippen LogP contribution in [0.1, 0.15) is 0 Å². The molecule has 0 atom stereocenters. The molecule has 0 unspecified atom stereocenters. The van der Waals surface area contributed by atoms with Gasteiger partial charge in [-0.3, -0.25) is 0 Å². The van der Waals surface area contributed by atoms with Crippen LogP contribution in [0.3, 0.4) is 0 Å².